The van der Waals surface area contributed by atoms with E-state index >= 15 is 0 Å². The molecular weight excluding hydrogens is 222 g/mol. The summed E-state index contributed by atoms with van der Waals surface area (Å²) in [6.07, 6.45) is 3.02. The van der Waals surface area contributed by atoms with Gasteiger partial charge in [-0.3, -0.25) is 0 Å². The van der Waals surface area contributed by atoms with E-state index in [1.54, 1.807) is 18.9 Å². The average Bonchev–Trinajstić information content (AvgIpc) is 2.34. The highest BCUT2D eigenvalue weighted by molar-refractivity contribution is 7.98. The largest absolute Gasteiger partial charge is 0.497 e. The molecule has 0 heterocycles. The van der Waals surface area contributed by atoms with Crippen molar-refractivity contribution in [2.24, 2.45) is 0 Å². The van der Waals surface area contributed by atoms with Gasteiger partial charge in [0.25, 0.3) is 0 Å². The van der Waals surface area contributed by atoms with Crippen molar-refractivity contribution in [3.8, 4) is 5.75 Å². The van der Waals surface area contributed by atoms with E-state index in [1.165, 1.54) is 0 Å². The molecule has 1 aromatic rings. The van der Waals surface area contributed by atoms with Crippen LogP contribution in [0.2, 0.25) is 0 Å². The summed E-state index contributed by atoms with van der Waals surface area (Å²) in [5, 5.41) is 12.5. The minimum atomic E-state index is 0.111. The summed E-state index contributed by atoms with van der Waals surface area (Å²) in [6, 6.07) is 7.86. The van der Waals surface area contributed by atoms with Gasteiger partial charge in [-0.15, -0.1) is 0 Å². The van der Waals surface area contributed by atoms with Crippen LogP contribution in [0.5, 0.6) is 5.75 Å². The second kappa shape index (κ2) is 7.41. The molecule has 0 aliphatic heterocycles. The molecule has 90 valence electrons. The molecule has 0 amide bonds. The number of thioether (sulfide) groups is 1. The fraction of sp³-hybridized carbons (Fsp3) is 0.500. The minimum absolute atomic E-state index is 0.111. The van der Waals surface area contributed by atoms with Crippen molar-refractivity contribution in [3.63, 3.8) is 0 Å². The number of ether oxygens (including phenoxy) is 1. The van der Waals surface area contributed by atoms with E-state index in [0.717, 1.165) is 23.6 Å². The van der Waals surface area contributed by atoms with E-state index in [2.05, 4.69) is 11.6 Å². The summed E-state index contributed by atoms with van der Waals surface area (Å²) in [4.78, 5) is 0. The van der Waals surface area contributed by atoms with Crippen molar-refractivity contribution in [2.75, 3.05) is 31.0 Å². The third-order valence-corrected chi connectivity index (χ3v) is 2.98. The van der Waals surface area contributed by atoms with Gasteiger partial charge in [0.1, 0.15) is 5.75 Å². The number of aliphatic hydroxyl groups is 1. The van der Waals surface area contributed by atoms with E-state index in [1.807, 2.05) is 24.3 Å². The zero-order valence-electron chi connectivity index (χ0n) is 9.77. The summed E-state index contributed by atoms with van der Waals surface area (Å²) >= 11 is 1.79. The third kappa shape index (κ3) is 4.33. The summed E-state index contributed by atoms with van der Waals surface area (Å²) in [7, 11) is 1.65. The van der Waals surface area contributed by atoms with Crippen molar-refractivity contribution >= 4 is 17.4 Å². The molecule has 0 bridgehead atoms. The molecule has 4 heteroatoms. The quantitative estimate of drug-likeness (QED) is 0.768. The lowest BCUT2D eigenvalue weighted by Gasteiger charge is -2.17. The van der Waals surface area contributed by atoms with Gasteiger partial charge in [0.15, 0.2) is 0 Å². The maximum absolute atomic E-state index is 9.24. The number of rotatable bonds is 7. The monoisotopic (exact) mass is 241 g/mol. The molecule has 0 radical (unpaired) electrons. The molecule has 3 nitrogen and oxygen atoms in total. The van der Waals surface area contributed by atoms with Crippen LogP contribution in [0.4, 0.5) is 5.69 Å². The van der Waals surface area contributed by atoms with E-state index in [0.29, 0.717) is 0 Å². The fourth-order valence-corrected chi connectivity index (χ4v) is 1.94. The molecule has 16 heavy (non-hydrogen) atoms. The molecule has 2 N–H and O–H groups in total. The fourth-order valence-electron chi connectivity index (χ4n) is 1.42. The van der Waals surface area contributed by atoms with E-state index in [9.17, 15) is 5.11 Å². The molecule has 0 saturated carbocycles. The van der Waals surface area contributed by atoms with Gasteiger partial charge >= 0.3 is 0 Å². The zero-order valence-corrected chi connectivity index (χ0v) is 10.6. The van der Waals surface area contributed by atoms with Crippen LogP contribution in [-0.4, -0.2) is 36.9 Å². The first-order valence-electron chi connectivity index (χ1n) is 5.30. The minimum Gasteiger partial charge on any atom is -0.497 e. The predicted molar refractivity (Wildman–Crippen MR) is 70.5 cm³/mol. The van der Waals surface area contributed by atoms with E-state index < -0.39 is 0 Å². The highest BCUT2D eigenvalue weighted by atomic mass is 32.2. The van der Waals surface area contributed by atoms with Gasteiger partial charge in [-0.2, -0.15) is 11.8 Å². The third-order valence-electron chi connectivity index (χ3n) is 2.33. The van der Waals surface area contributed by atoms with Crippen LogP contribution < -0.4 is 10.1 Å². The molecule has 0 aliphatic carbocycles. The van der Waals surface area contributed by atoms with Crippen LogP contribution in [-0.2, 0) is 0 Å². The molecular formula is C12H19NO2S. The summed E-state index contributed by atoms with van der Waals surface area (Å²) in [5.74, 6) is 1.87. The molecule has 0 saturated heterocycles. The van der Waals surface area contributed by atoms with Crippen LogP contribution in [0.3, 0.4) is 0 Å². The Bertz CT molecular complexity index is 307. The number of nitrogens with one attached hydrogen (secondary N) is 1. The molecule has 0 spiro atoms. The van der Waals surface area contributed by atoms with Gasteiger partial charge < -0.3 is 15.2 Å². The van der Waals surface area contributed by atoms with Gasteiger partial charge in [0, 0.05) is 17.8 Å². The Labute approximate surface area is 101 Å². The van der Waals surface area contributed by atoms with Crippen molar-refractivity contribution in [2.45, 2.75) is 12.5 Å². The van der Waals surface area contributed by atoms with Crippen molar-refractivity contribution in [3.05, 3.63) is 24.3 Å². The van der Waals surface area contributed by atoms with Gasteiger partial charge in [-0.1, -0.05) is 6.07 Å². The lowest BCUT2D eigenvalue weighted by molar-refractivity contribution is 0.272. The number of methoxy groups -OCH3 is 1. The lowest BCUT2D eigenvalue weighted by Crippen LogP contribution is -2.24. The molecule has 1 rings (SSSR count). The Balaban J connectivity index is 2.55. The molecule has 0 fully saturated rings. The molecule has 1 aromatic carbocycles. The van der Waals surface area contributed by atoms with Crippen LogP contribution in [0, 0.1) is 0 Å². The molecule has 1 unspecified atom stereocenters. The standard InChI is InChI=1S/C12H19NO2S/c1-15-12-5-3-4-10(8-12)13-11(9-14)6-7-16-2/h3-5,8,11,13-14H,6-7,9H2,1-2H3. The van der Waals surface area contributed by atoms with Gasteiger partial charge in [0.2, 0.25) is 0 Å². The smallest absolute Gasteiger partial charge is 0.120 e. The Hall–Kier alpha value is -0.870. The molecule has 0 aliphatic rings. The highest BCUT2D eigenvalue weighted by Gasteiger charge is 2.06. The highest BCUT2D eigenvalue weighted by Crippen LogP contribution is 2.18. The molecule has 1 atom stereocenters. The SMILES string of the molecule is COc1cccc(NC(CO)CCSC)c1. The molecule has 0 aromatic heterocycles. The second-order valence-corrected chi connectivity index (χ2v) is 4.52. The number of hydrogen-bond donors (Lipinski definition) is 2. The van der Waals surface area contributed by atoms with Crippen molar-refractivity contribution in [1.29, 1.82) is 0 Å². The Kier molecular flexibility index (Phi) is 6.11. The normalized spacial score (nSPS) is 12.2. The Morgan fingerprint density at radius 1 is 1.50 bits per heavy atom. The average molecular weight is 241 g/mol. The Morgan fingerprint density at radius 3 is 2.94 bits per heavy atom. The van der Waals surface area contributed by atoms with Crippen LogP contribution in [0.25, 0.3) is 0 Å². The Morgan fingerprint density at radius 2 is 2.31 bits per heavy atom. The van der Waals surface area contributed by atoms with E-state index in [4.69, 9.17) is 4.74 Å². The maximum atomic E-state index is 9.24. The number of anilines is 1. The lowest BCUT2D eigenvalue weighted by atomic mass is 10.2. The number of benzene rings is 1. The van der Waals surface area contributed by atoms with Crippen molar-refractivity contribution in [1.82, 2.24) is 0 Å². The first kappa shape index (κ1) is 13.2. The number of aliphatic hydroxyl groups excluding tert-OH is 1. The zero-order chi connectivity index (χ0) is 11.8. The summed E-state index contributed by atoms with van der Waals surface area (Å²) in [5.41, 5.74) is 0.986. The van der Waals surface area contributed by atoms with Gasteiger partial charge in [-0.25, -0.2) is 0 Å². The van der Waals surface area contributed by atoms with Gasteiger partial charge in [-0.05, 0) is 30.6 Å². The summed E-state index contributed by atoms with van der Waals surface area (Å²) in [6.45, 7) is 0.151. The van der Waals surface area contributed by atoms with Crippen LogP contribution in [0.1, 0.15) is 6.42 Å². The van der Waals surface area contributed by atoms with Crippen LogP contribution in [0.15, 0.2) is 24.3 Å². The predicted octanol–water partition coefficient (Wildman–Crippen LogP) is 2.22. The van der Waals surface area contributed by atoms with Crippen molar-refractivity contribution < 1.29 is 9.84 Å². The first-order chi connectivity index (χ1) is 7.80. The number of hydrogen-bond acceptors (Lipinski definition) is 4. The van der Waals surface area contributed by atoms with E-state index in [-0.39, 0.29) is 12.6 Å². The first-order valence-corrected chi connectivity index (χ1v) is 6.70. The summed E-state index contributed by atoms with van der Waals surface area (Å²) < 4.78 is 5.14. The maximum Gasteiger partial charge on any atom is 0.120 e. The topological polar surface area (TPSA) is 41.5 Å². The second-order valence-electron chi connectivity index (χ2n) is 3.54. The van der Waals surface area contributed by atoms with Crippen LogP contribution >= 0.6 is 11.8 Å². The van der Waals surface area contributed by atoms with Gasteiger partial charge in [0.05, 0.1) is 13.7 Å².